The summed E-state index contributed by atoms with van der Waals surface area (Å²) in [5.74, 6) is 0.678. The highest BCUT2D eigenvalue weighted by Gasteiger charge is 2.13. The number of ether oxygens (including phenoxy) is 1. The molecule has 0 aliphatic carbocycles. The summed E-state index contributed by atoms with van der Waals surface area (Å²) in [7, 11) is 1.59. The number of methoxy groups -OCH3 is 1. The second-order valence-electron chi connectivity index (χ2n) is 5.71. The zero-order valence-electron chi connectivity index (χ0n) is 15.1. The molecule has 0 saturated carbocycles. The van der Waals surface area contributed by atoms with E-state index in [-0.39, 0.29) is 0 Å². The second-order valence-corrected chi connectivity index (χ2v) is 6.91. The Kier molecular flexibility index (Phi) is 6.51. The Hall–Kier alpha value is -2.61. The highest BCUT2D eigenvalue weighted by Crippen LogP contribution is 2.24. The van der Waals surface area contributed by atoms with E-state index in [4.69, 9.17) is 40.2 Å². The van der Waals surface area contributed by atoms with Crippen LogP contribution in [0.2, 0.25) is 10.2 Å². The van der Waals surface area contributed by atoms with Gasteiger partial charge in [-0.15, -0.1) is 0 Å². The molecule has 6 nitrogen and oxygen atoms in total. The first kappa shape index (κ1) is 20.1. The van der Waals surface area contributed by atoms with Crippen molar-refractivity contribution in [3.63, 3.8) is 0 Å². The lowest BCUT2D eigenvalue weighted by molar-refractivity contribution is 0.417. The van der Waals surface area contributed by atoms with Crippen LogP contribution < -0.4 is 15.5 Å². The summed E-state index contributed by atoms with van der Waals surface area (Å²) in [5.41, 5.74) is 5.66. The number of benzene rings is 2. The molecule has 0 radical (unpaired) electrons. The van der Waals surface area contributed by atoms with Crippen molar-refractivity contribution < 1.29 is 4.74 Å². The zero-order chi connectivity index (χ0) is 20.1. The van der Waals surface area contributed by atoms with E-state index in [1.54, 1.807) is 30.1 Å². The summed E-state index contributed by atoms with van der Waals surface area (Å²) < 4.78 is 6.89. The minimum Gasteiger partial charge on any atom is -0.495 e. The summed E-state index contributed by atoms with van der Waals surface area (Å²) in [5, 5.41) is 13.0. The minimum atomic E-state index is 0.316. The average molecular weight is 434 g/mol. The maximum atomic E-state index is 6.47. The van der Waals surface area contributed by atoms with Crippen LogP contribution in [0.15, 0.2) is 53.6 Å². The van der Waals surface area contributed by atoms with Gasteiger partial charge in [0.25, 0.3) is 0 Å². The SMILES string of the molecule is COc1ccccc1NC(=S)NN=Cc1c(C)nn(-c2cccc(Cl)c2)c1Cl. The molecule has 0 atom stereocenters. The lowest BCUT2D eigenvalue weighted by Gasteiger charge is -2.10. The Labute approximate surface area is 178 Å². The van der Waals surface area contributed by atoms with Crippen LogP contribution >= 0.6 is 35.4 Å². The number of nitrogens with one attached hydrogen (secondary N) is 2. The Balaban J connectivity index is 1.72. The first-order valence-electron chi connectivity index (χ1n) is 8.23. The molecule has 1 heterocycles. The molecule has 9 heteroatoms. The van der Waals surface area contributed by atoms with E-state index < -0.39 is 0 Å². The predicted molar refractivity (Wildman–Crippen MR) is 118 cm³/mol. The van der Waals surface area contributed by atoms with Gasteiger partial charge in [-0.25, -0.2) is 4.68 Å². The molecular weight excluding hydrogens is 417 g/mol. The van der Waals surface area contributed by atoms with E-state index in [1.807, 2.05) is 43.3 Å². The van der Waals surface area contributed by atoms with Crippen LogP contribution in [0.5, 0.6) is 5.75 Å². The molecule has 3 rings (SSSR count). The topological polar surface area (TPSA) is 63.5 Å². The van der Waals surface area contributed by atoms with Crippen molar-refractivity contribution in [3.05, 3.63) is 70.0 Å². The number of aryl methyl sites for hydroxylation is 1. The maximum absolute atomic E-state index is 6.47. The molecule has 0 unspecified atom stereocenters. The maximum Gasteiger partial charge on any atom is 0.191 e. The molecule has 0 fully saturated rings. The van der Waals surface area contributed by atoms with Crippen molar-refractivity contribution in [2.75, 3.05) is 12.4 Å². The second kappa shape index (κ2) is 9.05. The lowest BCUT2D eigenvalue weighted by atomic mass is 10.3. The first-order chi connectivity index (χ1) is 13.5. The van der Waals surface area contributed by atoms with E-state index in [2.05, 4.69) is 20.9 Å². The Morgan fingerprint density at radius 1 is 1.21 bits per heavy atom. The van der Waals surface area contributed by atoms with Crippen molar-refractivity contribution >= 4 is 52.4 Å². The predicted octanol–water partition coefficient (Wildman–Crippen LogP) is 4.82. The van der Waals surface area contributed by atoms with Crippen molar-refractivity contribution in [2.45, 2.75) is 6.92 Å². The molecular formula is C19H17Cl2N5OS. The first-order valence-corrected chi connectivity index (χ1v) is 9.40. The number of rotatable bonds is 5. The zero-order valence-corrected chi connectivity index (χ0v) is 17.4. The van der Waals surface area contributed by atoms with Crippen molar-refractivity contribution in [1.82, 2.24) is 15.2 Å². The summed E-state index contributed by atoms with van der Waals surface area (Å²) >= 11 is 17.8. The number of hydrogen-bond donors (Lipinski definition) is 2. The molecule has 0 saturated heterocycles. The third-order valence-corrected chi connectivity index (χ3v) is 4.61. The van der Waals surface area contributed by atoms with Gasteiger partial charge in [0, 0.05) is 5.02 Å². The summed E-state index contributed by atoms with van der Waals surface area (Å²) in [6, 6.07) is 14.7. The number of halogens is 2. The molecule has 0 aliphatic heterocycles. The highest BCUT2D eigenvalue weighted by molar-refractivity contribution is 7.80. The van der Waals surface area contributed by atoms with Gasteiger partial charge in [-0.2, -0.15) is 10.2 Å². The van der Waals surface area contributed by atoms with Crippen LogP contribution in [0, 0.1) is 6.92 Å². The fraction of sp³-hybridized carbons (Fsp3) is 0.105. The van der Waals surface area contributed by atoms with E-state index in [0.29, 0.717) is 26.6 Å². The van der Waals surface area contributed by atoms with Crippen molar-refractivity contribution in [1.29, 1.82) is 0 Å². The summed E-state index contributed by atoms with van der Waals surface area (Å²) in [4.78, 5) is 0. The molecule has 0 amide bonds. The third-order valence-electron chi connectivity index (χ3n) is 3.82. The molecule has 0 bridgehead atoms. The number of aromatic nitrogens is 2. The Morgan fingerprint density at radius 2 is 2.00 bits per heavy atom. The largest absolute Gasteiger partial charge is 0.495 e. The number of nitrogens with zero attached hydrogens (tertiary/aromatic N) is 3. The molecule has 144 valence electrons. The molecule has 2 aromatic carbocycles. The molecule has 1 aromatic heterocycles. The van der Waals surface area contributed by atoms with Gasteiger partial charge in [-0.05, 0) is 49.5 Å². The number of thiocarbonyl (C=S) groups is 1. The van der Waals surface area contributed by atoms with Gasteiger partial charge in [0.1, 0.15) is 10.9 Å². The Bertz CT molecular complexity index is 1030. The van der Waals surface area contributed by atoms with Crippen molar-refractivity contribution in [3.8, 4) is 11.4 Å². The van der Waals surface area contributed by atoms with E-state index in [1.165, 1.54) is 0 Å². The van der Waals surface area contributed by atoms with Crippen LogP contribution in [-0.4, -0.2) is 28.2 Å². The van der Waals surface area contributed by atoms with Gasteiger partial charge in [0.2, 0.25) is 0 Å². The van der Waals surface area contributed by atoms with Crippen LogP contribution in [0.1, 0.15) is 11.3 Å². The smallest absolute Gasteiger partial charge is 0.191 e. The van der Waals surface area contributed by atoms with E-state index in [9.17, 15) is 0 Å². The number of hydrogen-bond acceptors (Lipinski definition) is 4. The van der Waals surface area contributed by atoms with Gasteiger partial charge >= 0.3 is 0 Å². The highest BCUT2D eigenvalue weighted by atomic mass is 35.5. The van der Waals surface area contributed by atoms with Gasteiger partial charge in [-0.3, -0.25) is 5.43 Å². The van der Waals surface area contributed by atoms with Gasteiger partial charge in [-0.1, -0.05) is 41.4 Å². The number of anilines is 1. The monoisotopic (exact) mass is 433 g/mol. The molecule has 0 spiro atoms. The van der Waals surface area contributed by atoms with Gasteiger partial charge in [0.05, 0.1) is 36.0 Å². The minimum absolute atomic E-state index is 0.316. The van der Waals surface area contributed by atoms with Crippen LogP contribution in [-0.2, 0) is 0 Å². The van der Waals surface area contributed by atoms with Crippen LogP contribution in [0.3, 0.4) is 0 Å². The molecule has 0 aliphatic rings. The fourth-order valence-electron chi connectivity index (χ4n) is 2.49. The quantitative estimate of drug-likeness (QED) is 0.343. The number of hydrazone groups is 1. The van der Waals surface area contributed by atoms with E-state index in [0.717, 1.165) is 17.1 Å². The lowest BCUT2D eigenvalue weighted by Crippen LogP contribution is -2.24. The Morgan fingerprint density at radius 3 is 2.75 bits per heavy atom. The van der Waals surface area contributed by atoms with Crippen LogP contribution in [0.25, 0.3) is 5.69 Å². The molecule has 28 heavy (non-hydrogen) atoms. The van der Waals surface area contributed by atoms with Gasteiger partial charge < -0.3 is 10.1 Å². The summed E-state index contributed by atoms with van der Waals surface area (Å²) in [6.45, 7) is 1.85. The van der Waals surface area contributed by atoms with Gasteiger partial charge in [0.15, 0.2) is 5.11 Å². The summed E-state index contributed by atoms with van der Waals surface area (Å²) in [6.07, 6.45) is 1.57. The van der Waals surface area contributed by atoms with Crippen molar-refractivity contribution in [2.24, 2.45) is 5.10 Å². The number of para-hydroxylation sites is 2. The third kappa shape index (κ3) is 4.62. The average Bonchev–Trinajstić information content (AvgIpc) is 2.96. The standard InChI is InChI=1S/C19H17Cl2N5OS/c1-12-15(18(21)26(25-12)14-7-5-6-13(20)10-14)11-22-24-19(28)23-16-8-3-4-9-17(16)27-2/h3-11H,1-2H3,(H2,23,24,28). The van der Waals surface area contributed by atoms with E-state index >= 15 is 0 Å². The normalized spacial score (nSPS) is 10.9. The molecule has 2 N–H and O–H groups in total. The van der Waals surface area contributed by atoms with Crippen LogP contribution in [0.4, 0.5) is 5.69 Å². The fourth-order valence-corrected chi connectivity index (χ4v) is 3.16. The molecule has 3 aromatic rings.